The molecule has 7 N–H and O–H groups in total. The van der Waals surface area contributed by atoms with Gasteiger partial charge in [-0.25, -0.2) is 0 Å². The monoisotopic (exact) mass is 749 g/mol. The summed E-state index contributed by atoms with van der Waals surface area (Å²) in [5.74, 6) is -5.39. The molecule has 0 aromatic rings. The molecule has 0 spiro atoms. The van der Waals surface area contributed by atoms with E-state index in [1.165, 1.54) is 11.8 Å². The maximum absolute atomic E-state index is 12.8. The normalized spacial score (nSPS) is 13.4. The van der Waals surface area contributed by atoms with Crippen LogP contribution in [0.3, 0.4) is 0 Å². The van der Waals surface area contributed by atoms with Crippen molar-refractivity contribution in [3.05, 3.63) is 0 Å². The summed E-state index contributed by atoms with van der Waals surface area (Å²) in [5.41, 5.74) is 11.0. The highest BCUT2D eigenvalue weighted by Gasteiger charge is 2.29. The largest absolute Gasteiger partial charge is 0.462 e. The van der Waals surface area contributed by atoms with Crippen molar-refractivity contribution in [3.8, 4) is 0 Å². The van der Waals surface area contributed by atoms with E-state index in [2.05, 4.69) is 5.32 Å². The fraction of sp³-hybridized carbons (Fsp3) is 0.758. The number of amides is 2. The zero-order valence-electron chi connectivity index (χ0n) is 29.6. The second kappa shape index (κ2) is 29.3. The molecule has 51 heavy (non-hydrogen) atoms. The quantitative estimate of drug-likeness (QED) is 0.0405. The number of esters is 2. The van der Waals surface area contributed by atoms with Crippen molar-refractivity contribution in [1.29, 1.82) is 0 Å². The number of hydrogen-bond acceptors (Lipinski definition) is 16. The summed E-state index contributed by atoms with van der Waals surface area (Å²) in [5, 5.41) is 22.1. The lowest BCUT2D eigenvalue weighted by atomic mass is 9.88. The van der Waals surface area contributed by atoms with Crippen LogP contribution >= 0.6 is 11.8 Å². The molecule has 0 aromatic carbocycles. The minimum atomic E-state index is -1.12. The summed E-state index contributed by atoms with van der Waals surface area (Å²) in [4.78, 5) is 95.5. The number of aliphatic hydroxyl groups is 2. The van der Waals surface area contributed by atoms with E-state index in [4.69, 9.17) is 30.4 Å². The Morgan fingerprint density at radius 1 is 0.745 bits per heavy atom. The fourth-order valence-corrected chi connectivity index (χ4v) is 5.17. The molecule has 4 unspecified atom stereocenters. The zero-order chi connectivity index (χ0) is 38.6. The van der Waals surface area contributed by atoms with E-state index in [0.29, 0.717) is 0 Å². The van der Waals surface area contributed by atoms with Gasteiger partial charge in [-0.1, -0.05) is 13.8 Å². The Hall–Kier alpha value is -3.29. The summed E-state index contributed by atoms with van der Waals surface area (Å²) >= 11 is 1.20. The van der Waals surface area contributed by atoms with Crippen LogP contribution in [0.4, 0.5) is 0 Å². The standard InChI is InChI=1S/C33H55N3O14S/c1-3-32(45)49-18-25(50-33(46)4-2)20-51-21-26(34)29(42)15-23(17-38)28(41)14-22(16-37)27(40)6-5-11-48-19-31(44)36-10-13-47-12-9-24(39)7-8-30(35)43/h22-23,25-26,37-38H,3-21,34H2,1-2H3,(H2,35,43)(H,36,44). The first kappa shape index (κ1) is 47.7. The Labute approximate surface area is 302 Å². The van der Waals surface area contributed by atoms with Crippen LogP contribution in [-0.2, 0) is 57.3 Å². The van der Waals surface area contributed by atoms with Gasteiger partial charge in [-0.2, -0.15) is 11.8 Å². The van der Waals surface area contributed by atoms with Gasteiger partial charge in [-0.05, 0) is 6.42 Å². The number of carbonyl (C=O) groups is 8. The van der Waals surface area contributed by atoms with Crippen LogP contribution in [0.25, 0.3) is 0 Å². The number of hydrogen-bond donors (Lipinski definition) is 5. The predicted molar refractivity (Wildman–Crippen MR) is 184 cm³/mol. The lowest BCUT2D eigenvalue weighted by Crippen LogP contribution is -2.37. The highest BCUT2D eigenvalue weighted by molar-refractivity contribution is 7.99. The zero-order valence-corrected chi connectivity index (χ0v) is 30.4. The first-order valence-electron chi connectivity index (χ1n) is 17.0. The van der Waals surface area contributed by atoms with Gasteiger partial charge in [0.15, 0.2) is 5.78 Å². The van der Waals surface area contributed by atoms with E-state index in [1.54, 1.807) is 13.8 Å². The van der Waals surface area contributed by atoms with E-state index in [-0.39, 0.29) is 115 Å². The molecule has 0 saturated carbocycles. The minimum absolute atomic E-state index is 0.00963. The highest BCUT2D eigenvalue weighted by atomic mass is 32.2. The summed E-state index contributed by atoms with van der Waals surface area (Å²) in [7, 11) is 0. The van der Waals surface area contributed by atoms with Crippen LogP contribution in [-0.4, -0.2) is 134 Å². The molecule has 0 aromatic heterocycles. The van der Waals surface area contributed by atoms with Gasteiger partial charge in [-0.3, -0.25) is 38.4 Å². The van der Waals surface area contributed by atoms with Gasteiger partial charge in [0.05, 0.1) is 32.5 Å². The molecular formula is C33H55N3O14S. The molecule has 0 bridgehead atoms. The molecule has 292 valence electrons. The fourth-order valence-electron chi connectivity index (χ4n) is 4.16. The SMILES string of the molecule is CCC(=O)OCC(CSCC(N)C(=O)CC(CO)C(=O)CC(CO)C(=O)CCCOCC(=O)NCCOCCC(=O)CCC(N)=O)OC(=O)CC. The van der Waals surface area contributed by atoms with Crippen molar-refractivity contribution >= 4 is 58.6 Å². The molecule has 0 aliphatic heterocycles. The van der Waals surface area contributed by atoms with E-state index in [1.807, 2.05) is 0 Å². The van der Waals surface area contributed by atoms with E-state index in [9.17, 15) is 48.6 Å². The Bertz CT molecular complexity index is 1120. The van der Waals surface area contributed by atoms with Crippen molar-refractivity contribution in [2.24, 2.45) is 23.3 Å². The van der Waals surface area contributed by atoms with Gasteiger partial charge in [0.2, 0.25) is 11.8 Å². The van der Waals surface area contributed by atoms with Crippen molar-refractivity contribution in [2.45, 2.75) is 83.8 Å². The Morgan fingerprint density at radius 3 is 2.02 bits per heavy atom. The van der Waals surface area contributed by atoms with Gasteiger partial charge in [-0.15, -0.1) is 0 Å². The van der Waals surface area contributed by atoms with Gasteiger partial charge in [0.25, 0.3) is 0 Å². The molecular weight excluding hydrogens is 694 g/mol. The second-order valence-corrected chi connectivity index (χ2v) is 12.7. The van der Waals surface area contributed by atoms with E-state index in [0.717, 1.165) is 0 Å². The molecule has 4 atom stereocenters. The average molecular weight is 750 g/mol. The lowest BCUT2D eigenvalue weighted by molar-refractivity contribution is -0.157. The molecule has 0 aliphatic rings. The van der Waals surface area contributed by atoms with Gasteiger partial charge in [0, 0.05) is 87.9 Å². The van der Waals surface area contributed by atoms with Crippen LogP contribution in [0.1, 0.15) is 71.6 Å². The smallest absolute Gasteiger partial charge is 0.305 e. The number of primary amides is 1. The summed E-state index contributed by atoms with van der Waals surface area (Å²) in [6.07, 6.45) is -0.830. The van der Waals surface area contributed by atoms with Crippen molar-refractivity contribution in [3.63, 3.8) is 0 Å². The molecule has 0 fully saturated rings. The van der Waals surface area contributed by atoms with Crippen molar-refractivity contribution in [1.82, 2.24) is 5.32 Å². The van der Waals surface area contributed by atoms with Crippen LogP contribution < -0.4 is 16.8 Å². The molecule has 2 amide bonds. The molecule has 17 nitrogen and oxygen atoms in total. The van der Waals surface area contributed by atoms with Crippen LogP contribution in [0, 0.1) is 11.8 Å². The Morgan fingerprint density at radius 2 is 1.39 bits per heavy atom. The molecule has 18 heteroatoms. The predicted octanol–water partition coefficient (Wildman–Crippen LogP) is -0.819. The number of aliphatic hydroxyl groups excluding tert-OH is 2. The molecule has 0 radical (unpaired) electrons. The minimum Gasteiger partial charge on any atom is -0.462 e. The summed E-state index contributed by atoms with van der Waals surface area (Å²) in [6.45, 7) is 2.13. The number of thioether (sulfide) groups is 1. The van der Waals surface area contributed by atoms with Crippen LogP contribution in [0.2, 0.25) is 0 Å². The topological polar surface area (TPSA) is 278 Å². The van der Waals surface area contributed by atoms with Gasteiger partial charge >= 0.3 is 11.9 Å². The number of nitrogens with one attached hydrogen (secondary N) is 1. The Balaban J connectivity index is 4.45. The average Bonchev–Trinajstić information content (AvgIpc) is 3.11. The van der Waals surface area contributed by atoms with Gasteiger partial charge < -0.3 is 45.9 Å². The molecule has 0 rings (SSSR count). The number of carbonyl (C=O) groups excluding carboxylic acids is 8. The third kappa shape index (κ3) is 24.5. The second-order valence-electron chi connectivity index (χ2n) is 11.6. The highest BCUT2D eigenvalue weighted by Crippen LogP contribution is 2.17. The van der Waals surface area contributed by atoms with Crippen LogP contribution in [0.5, 0.6) is 0 Å². The number of ether oxygens (including phenoxy) is 4. The van der Waals surface area contributed by atoms with E-state index < -0.39 is 78.3 Å². The summed E-state index contributed by atoms with van der Waals surface area (Å²) in [6, 6.07) is -1.01. The number of nitrogens with two attached hydrogens (primary N) is 2. The molecule has 0 aliphatic carbocycles. The third-order valence-electron chi connectivity index (χ3n) is 7.26. The maximum atomic E-state index is 12.8. The number of ketones is 4. The third-order valence-corrected chi connectivity index (χ3v) is 8.46. The summed E-state index contributed by atoms with van der Waals surface area (Å²) < 4.78 is 20.8. The molecule has 0 saturated heterocycles. The molecule has 0 heterocycles. The van der Waals surface area contributed by atoms with E-state index >= 15 is 0 Å². The Kier molecular flexibility index (Phi) is 27.4. The van der Waals surface area contributed by atoms with Crippen molar-refractivity contribution in [2.75, 3.05) is 64.3 Å². The first-order chi connectivity index (χ1) is 24.3. The lowest BCUT2D eigenvalue weighted by Gasteiger charge is -2.20. The number of rotatable bonds is 33. The van der Waals surface area contributed by atoms with Crippen LogP contribution in [0.15, 0.2) is 0 Å². The van der Waals surface area contributed by atoms with Gasteiger partial charge in [0.1, 0.15) is 36.7 Å². The first-order valence-corrected chi connectivity index (χ1v) is 18.1. The maximum Gasteiger partial charge on any atom is 0.305 e. The van der Waals surface area contributed by atoms with Crippen molar-refractivity contribution < 1.29 is 67.5 Å². The number of Topliss-reactive ketones (excluding diaryl/α,β-unsaturated/α-hetero) is 4.